The number of benzene rings is 3. The predicted octanol–water partition coefficient (Wildman–Crippen LogP) is 3.78. The first-order valence-corrected chi connectivity index (χ1v) is 11.4. The van der Waals surface area contributed by atoms with E-state index >= 15 is 0 Å². The number of carbonyl (C=O) groups excluding carboxylic acids is 1. The average Bonchev–Trinajstić information content (AvgIpc) is 2.83. The largest absolute Gasteiger partial charge is 0.497 e. The number of hydrogen-bond donors (Lipinski definition) is 1. The lowest BCUT2D eigenvalue weighted by atomic mass is 10.1. The third-order valence-corrected chi connectivity index (χ3v) is 6.72. The molecule has 1 atom stereocenters. The smallest absolute Gasteiger partial charge is 0.264 e. The van der Waals surface area contributed by atoms with Crippen LogP contribution in [0.3, 0.4) is 0 Å². The zero-order valence-corrected chi connectivity index (χ0v) is 19.0. The number of hydrogen-bond acceptors (Lipinski definition) is 5. The maximum absolute atomic E-state index is 13.5. The van der Waals surface area contributed by atoms with Gasteiger partial charge in [-0.25, -0.2) is 8.42 Å². The van der Waals surface area contributed by atoms with E-state index in [-0.39, 0.29) is 16.6 Å². The Hall–Kier alpha value is -3.52. The molecule has 0 unspecified atom stereocenters. The summed E-state index contributed by atoms with van der Waals surface area (Å²) >= 11 is 0. The van der Waals surface area contributed by atoms with Gasteiger partial charge in [-0.2, -0.15) is 0 Å². The number of methoxy groups -OCH3 is 2. The number of ether oxygens (including phenoxy) is 2. The zero-order chi connectivity index (χ0) is 23.1. The topological polar surface area (TPSA) is 84.9 Å². The predicted molar refractivity (Wildman–Crippen MR) is 124 cm³/mol. The maximum atomic E-state index is 13.5. The van der Waals surface area contributed by atoms with E-state index in [0.29, 0.717) is 11.5 Å². The number of nitrogens with zero attached hydrogens (tertiary/aromatic N) is 1. The van der Waals surface area contributed by atoms with Crippen molar-refractivity contribution in [1.82, 2.24) is 5.32 Å². The van der Waals surface area contributed by atoms with Gasteiger partial charge in [0.2, 0.25) is 5.91 Å². The fourth-order valence-corrected chi connectivity index (χ4v) is 4.70. The van der Waals surface area contributed by atoms with Gasteiger partial charge in [0.05, 0.1) is 30.8 Å². The van der Waals surface area contributed by atoms with Crippen molar-refractivity contribution in [2.75, 3.05) is 25.1 Å². The van der Waals surface area contributed by atoms with Crippen LogP contribution in [0.1, 0.15) is 18.5 Å². The van der Waals surface area contributed by atoms with Crippen LogP contribution in [0.5, 0.6) is 11.5 Å². The zero-order valence-electron chi connectivity index (χ0n) is 18.2. The molecule has 3 aromatic carbocycles. The van der Waals surface area contributed by atoms with E-state index < -0.39 is 22.5 Å². The van der Waals surface area contributed by atoms with Gasteiger partial charge in [-0.15, -0.1) is 0 Å². The van der Waals surface area contributed by atoms with Gasteiger partial charge in [-0.05, 0) is 36.8 Å². The Morgan fingerprint density at radius 2 is 1.56 bits per heavy atom. The Balaban J connectivity index is 1.99. The molecule has 1 amide bonds. The first kappa shape index (κ1) is 23.1. The monoisotopic (exact) mass is 454 g/mol. The fraction of sp³-hybridized carbons (Fsp3) is 0.208. The summed E-state index contributed by atoms with van der Waals surface area (Å²) in [7, 11) is -1.15. The molecule has 0 radical (unpaired) electrons. The highest BCUT2D eigenvalue weighted by atomic mass is 32.2. The van der Waals surface area contributed by atoms with Crippen LogP contribution in [-0.2, 0) is 14.8 Å². The van der Waals surface area contributed by atoms with Gasteiger partial charge >= 0.3 is 0 Å². The van der Waals surface area contributed by atoms with Crippen LogP contribution in [0, 0.1) is 0 Å². The normalized spacial score (nSPS) is 12.0. The number of sulfonamides is 1. The lowest BCUT2D eigenvalue weighted by molar-refractivity contribution is -0.120. The average molecular weight is 455 g/mol. The molecule has 3 aromatic rings. The second kappa shape index (κ2) is 10.2. The summed E-state index contributed by atoms with van der Waals surface area (Å²) in [6.45, 7) is 1.41. The SMILES string of the molecule is COc1ccc(OC)c(N(CC(=O)N[C@@H](C)c2ccccc2)S(=O)(=O)c2ccccc2)c1. The minimum Gasteiger partial charge on any atom is -0.497 e. The maximum Gasteiger partial charge on any atom is 0.264 e. The van der Waals surface area contributed by atoms with Crippen LogP contribution in [-0.4, -0.2) is 35.1 Å². The van der Waals surface area contributed by atoms with E-state index in [1.807, 2.05) is 37.3 Å². The molecule has 0 aliphatic heterocycles. The molecule has 0 saturated heterocycles. The van der Waals surface area contributed by atoms with E-state index in [1.165, 1.54) is 32.4 Å². The Bertz CT molecular complexity index is 1150. The molecule has 0 spiro atoms. The molecular weight excluding hydrogens is 428 g/mol. The summed E-state index contributed by atoms with van der Waals surface area (Å²) in [6, 6.07) is 21.9. The van der Waals surface area contributed by atoms with Gasteiger partial charge in [0.15, 0.2) is 0 Å². The molecule has 0 bridgehead atoms. The standard InChI is InChI=1S/C24H26N2O5S/c1-18(19-10-6-4-7-11-19)25-24(27)17-26(32(28,29)21-12-8-5-9-13-21)22-16-20(30-2)14-15-23(22)31-3/h4-16,18H,17H2,1-3H3,(H,25,27)/t18-/m0/s1. The molecule has 0 heterocycles. The molecule has 168 valence electrons. The van der Waals surface area contributed by atoms with Gasteiger partial charge in [0, 0.05) is 6.07 Å². The molecule has 0 aromatic heterocycles. The first-order chi connectivity index (χ1) is 15.4. The lowest BCUT2D eigenvalue weighted by Gasteiger charge is -2.26. The van der Waals surface area contributed by atoms with Crippen molar-refractivity contribution in [1.29, 1.82) is 0 Å². The Morgan fingerprint density at radius 3 is 2.16 bits per heavy atom. The summed E-state index contributed by atoms with van der Waals surface area (Å²) in [5, 5.41) is 2.87. The van der Waals surface area contributed by atoms with Crippen LogP contribution < -0.4 is 19.1 Å². The van der Waals surface area contributed by atoms with E-state index in [9.17, 15) is 13.2 Å². The van der Waals surface area contributed by atoms with Crippen molar-refractivity contribution < 1.29 is 22.7 Å². The van der Waals surface area contributed by atoms with Crippen molar-refractivity contribution in [3.8, 4) is 11.5 Å². The van der Waals surface area contributed by atoms with Crippen LogP contribution >= 0.6 is 0 Å². The molecule has 1 N–H and O–H groups in total. The second-order valence-electron chi connectivity index (χ2n) is 7.06. The summed E-state index contributed by atoms with van der Waals surface area (Å²) in [4.78, 5) is 13.0. The Labute approximate surface area is 188 Å². The van der Waals surface area contributed by atoms with Crippen LogP contribution in [0.25, 0.3) is 0 Å². The van der Waals surface area contributed by atoms with Crippen molar-refractivity contribution in [3.05, 3.63) is 84.4 Å². The molecule has 0 aliphatic carbocycles. The highest BCUT2D eigenvalue weighted by Crippen LogP contribution is 2.35. The quantitative estimate of drug-likeness (QED) is 0.532. The number of nitrogens with one attached hydrogen (secondary N) is 1. The summed E-state index contributed by atoms with van der Waals surface area (Å²) < 4.78 is 38.8. The van der Waals surface area contributed by atoms with Crippen LogP contribution in [0.2, 0.25) is 0 Å². The Kier molecular flexibility index (Phi) is 7.37. The minimum atomic E-state index is -4.07. The molecule has 0 fully saturated rings. The lowest BCUT2D eigenvalue weighted by Crippen LogP contribution is -2.41. The number of anilines is 1. The van der Waals surface area contributed by atoms with Gasteiger partial charge in [-0.3, -0.25) is 9.10 Å². The minimum absolute atomic E-state index is 0.0637. The fourth-order valence-electron chi connectivity index (χ4n) is 3.25. The molecule has 8 heteroatoms. The molecule has 0 saturated carbocycles. The summed E-state index contributed by atoms with van der Waals surface area (Å²) in [6.07, 6.45) is 0. The number of amides is 1. The highest BCUT2D eigenvalue weighted by Gasteiger charge is 2.30. The van der Waals surface area contributed by atoms with E-state index in [0.717, 1.165) is 9.87 Å². The third-order valence-electron chi connectivity index (χ3n) is 4.95. The third kappa shape index (κ3) is 5.20. The van der Waals surface area contributed by atoms with Crippen molar-refractivity contribution in [3.63, 3.8) is 0 Å². The number of carbonyl (C=O) groups is 1. The van der Waals surface area contributed by atoms with Crippen molar-refractivity contribution >= 4 is 21.6 Å². The number of rotatable bonds is 9. The van der Waals surface area contributed by atoms with E-state index in [4.69, 9.17) is 9.47 Å². The van der Waals surface area contributed by atoms with Crippen molar-refractivity contribution in [2.45, 2.75) is 17.9 Å². The van der Waals surface area contributed by atoms with Crippen LogP contribution in [0.4, 0.5) is 5.69 Å². The summed E-state index contributed by atoms with van der Waals surface area (Å²) in [5.74, 6) is 0.284. The van der Waals surface area contributed by atoms with Gasteiger partial charge < -0.3 is 14.8 Å². The second-order valence-corrected chi connectivity index (χ2v) is 8.92. The van der Waals surface area contributed by atoms with E-state index in [2.05, 4.69) is 5.32 Å². The molecule has 7 nitrogen and oxygen atoms in total. The summed E-state index contributed by atoms with van der Waals surface area (Å²) in [5.41, 5.74) is 1.12. The van der Waals surface area contributed by atoms with Crippen LogP contribution in [0.15, 0.2) is 83.8 Å². The van der Waals surface area contributed by atoms with Crippen molar-refractivity contribution in [2.24, 2.45) is 0 Å². The van der Waals surface area contributed by atoms with Gasteiger partial charge in [-0.1, -0.05) is 48.5 Å². The van der Waals surface area contributed by atoms with E-state index in [1.54, 1.807) is 30.3 Å². The molecule has 3 rings (SSSR count). The molecular formula is C24H26N2O5S. The van der Waals surface area contributed by atoms with Gasteiger partial charge in [0.1, 0.15) is 18.0 Å². The van der Waals surface area contributed by atoms with Gasteiger partial charge in [0.25, 0.3) is 10.0 Å². The Morgan fingerprint density at radius 1 is 0.938 bits per heavy atom. The molecule has 32 heavy (non-hydrogen) atoms. The highest BCUT2D eigenvalue weighted by molar-refractivity contribution is 7.92. The molecule has 0 aliphatic rings. The first-order valence-electron chi connectivity index (χ1n) is 10.0.